The van der Waals surface area contributed by atoms with Gasteiger partial charge in [0.05, 0.1) is 29.8 Å². The second-order valence-corrected chi connectivity index (χ2v) is 6.75. The molecular formula is C17H16N2O6S. The molecule has 2 rings (SSSR count). The van der Waals surface area contributed by atoms with Gasteiger partial charge in [0.25, 0.3) is 5.91 Å². The predicted octanol–water partition coefficient (Wildman–Crippen LogP) is 0.664. The van der Waals surface area contributed by atoms with Crippen molar-refractivity contribution in [1.82, 2.24) is 10.0 Å². The summed E-state index contributed by atoms with van der Waals surface area (Å²) in [6.45, 7) is -0.439. The second-order valence-electron chi connectivity index (χ2n) is 4.99. The number of ether oxygens (including phenoxy) is 1. The largest absolute Gasteiger partial charge is 0.468 e. The molecule has 0 radical (unpaired) electrons. The molecule has 1 heterocycles. The van der Waals surface area contributed by atoms with Gasteiger partial charge in [-0.25, -0.2) is 17.9 Å². The summed E-state index contributed by atoms with van der Waals surface area (Å²) in [5, 5.41) is 2.35. The van der Waals surface area contributed by atoms with Crippen molar-refractivity contribution in [3.63, 3.8) is 0 Å². The summed E-state index contributed by atoms with van der Waals surface area (Å²) < 4.78 is 36.6. The molecule has 136 valence electrons. The van der Waals surface area contributed by atoms with Crippen molar-refractivity contribution in [2.75, 3.05) is 13.2 Å². The number of furan rings is 1. The number of nitrogens with one attached hydrogen (secondary N) is 2. The molecule has 0 aliphatic heterocycles. The monoisotopic (exact) mass is 376 g/mol. The number of amides is 1. The van der Waals surface area contributed by atoms with Gasteiger partial charge in [-0.05, 0) is 36.4 Å². The molecule has 1 amide bonds. The van der Waals surface area contributed by atoms with E-state index in [0.29, 0.717) is 5.76 Å². The van der Waals surface area contributed by atoms with Crippen molar-refractivity contribution in [3.05, 3.63) is 54.0 Å². The third kappa shape index (κ3) is 5.47. The van der Waals surface area contributed by atoms with Crippen molar-refractivity contribution in [1.29, 1.82) is 0 Å². The highest BCUT2D eigenvalue weighted by molar-refractivity contribution is 7.89. The smallest absolute Gasteiger partial charge is 0.338 e. The van der Waals surface area contributed by atoms with Gasteiger partial charge >= 0.3 is 5.97 Å². The highest BCUT2D eigenvalue weighted by atomic mass is 32.2. The Morgan fingerprint density at radius 1 is 1.19 bits per heavy atom. The summed E-state index contributed by atoms with van der Waals surface area (Å²) in [5.41, 5.74) is 0.111. The summed E-state index contributed by atoms with van der Waals surface area (Å²) >= 11 is 0. The Balaban J connectivity index is 1.93. The molecular weight excluding hydrogens is 360 g/mol. The molecule has 0 saturated carbocycles. The number of benzene rings is 1. The molecule has 0 unspecified atom stereocenters. The topological polar surface area (TPSA) is 115 Å². The van der Waals surface area contributed by atoms with Crippen LogP contribution in [0.5, 0.6) is 0 Å². The van der Waals surface area contributed by atoms with Crippen LogP contribution in [0.2, 0.25) is 0 Å². The van der Waals surface area contributed by atoms with Crippen LogP contribution in [-0.2, 0) is 26.1 Å². The fraction of sp³-hybridized carbons (Fsp3) is 0.176. The van der Waals surface area contributed by atoms with E-state index in [0.717, 1.165) is 0 Å². The molecule has 1 aromatic carbocycles. The molecule has 0 saturated heterocycles. The van der Waals surface area contributed by atoms with Gasteiger partial charge in [-0.3, -0.25) is 4.79 Å². The normalized spacial score (nSPS) is 10.7. The fourth-order valence-corrected chi connectivity index (χ4v) is 2.84. The first-order valence-electron chi connectivity index (χ1n) is 7.42. The van der Waals surface area contributed by atoms with Gasteiger partial charge in [-0.15, -0.1) is 6.42 Å². The summed E-state index contributed by atoms with van der Waals surface area (Å²) in [6.07, 6.45) is 6.43. The van der Waals surface area contributed by atoms with Crippen molar-refractivity contribution in [2.24, 2.45) is 0 Å². The van der Waals surface area contributed by atoms with Crippen LogP contribution in [0, 0.1) is 12.3 Å². The fourth-order valence-electron chi connectivity index (χ4n) is 1.85. The van der Waals surface area contributed by atoms with Gasteiger partial charge < -0.3 is 14.5 Å². The lowest BCUT2D eigenvalue weighted by Gasteiger charge is -2.07. The van der Waals surface area contributed by atoms with Gasteiger partial charge in [-0.2, -0.15) is 0 Å². The van der Waals surface area contributed by atoms with Crippen LogP contribution in [0.25, 0.3) is 0 Å². The Morgan fingerprint density at radius 2 is 1.92 bits per heavy atom. The van der Waals surface area contributed by atoms with Crippen LogP contribution < -0.4 is 10.0 Å². The minimum Gasteiger partial charge on any atom is -0.468 e. The number of carbonyl (C=O) groups excluding carboxylic acids is 2. The molecule has 0 bridgehead atoms. The summed E-state index contributed by atoms with van der Waals surface area (Å²) in [7, 11) is -3.76. The summed E-state index contributed by atoms with van der Waals surface area (Å²) in [6, 6.07) is 8.41. The first-order valence-corrected chi connectivity index (χ1v) is 8.90. The van der Waals surface area contributed by atoms with E-state index in [1.165, 1.54) is 30.5 Å². The molecule has 0 aliphatic rings. The molecule has 0 fully saturated rings. The number of rotatable bonds is 8. The van der Waals surface area contributed by atoms with Gasteiger partial charge in [0.15, 0.2) is 6.61 Å². The van der Waals surface area contributed by atoms with Gasteiger partial charge in [-0.1, -0.05) is 5.92 Å². The number of sulfonamides is 1. The SMILES string of the molecule is C#CCNC(=O)COC(=O)c1ccc(S(=O)(=O)NCc2ccco2)cc1. The molecule has 8 nitrogen and oxygen atoms in total. The number of esters is 1. The van der Waals surface area contributed by atoms with Crippen molar-refractivity contribution in [3.8, 4) is 12.3 Å². The third-order valence-corrected chi connectivity index (χ3v) is 4.56. The second kappa shape index (κ2) is 8.84. The molecule has 2 aromatic rings. The Kier molecular flexibility index (Phi) is 6.54. The minimum atomic E-state index is -3.76. The van der Waals surface area contributed by atoms with Crippen molar-refractivity contribution in [2.45, 2.75) is 11.4 Å². The quantitative estimate of drug-likeness (QED) is 0.517. The maximum absolute atomic E-state index is 12.2. The summed E-state index contributed by atoms with van der Waals surface area (Å²) in [5.74, 6) is 1.40. The lowest BCUT2D eigenvalue weighted by Crippen LogP contribution is -2.29. The Morgan fingerprint density at radius 3 is 2.54 bits per heavy atom. The van der Waals surface area contributed by atoms with Crippen LogP contribution in [0.4, 0.5) is 0 Å². The van der Waals surface area contributed by atoms with Gasteiger partial charge in [0.1, 0.15) is 5.76 Å². The molecule has 0 aliphatic carbocycles. The van der Waals surface area contributed by atoms with Crippen LogP contribution in [-0.4, -0.2) is 33.4 Å². The minimum absolute atomic E-state index is 0.00585. The van der Waals surface area contributed by atoms with E-state index in [9.17, 15) is 18.0 Å². The van der Waals surface area contributed by atoms with E-state index in [-0.39, 0.29) is 23.5 Å². The first kappa shape index (κ1) is 19.2. The van der Waals surface area contributed by atoms with E-state index < -0.39 is 28.5 Å². The molecule has 9 heteroatoms. The van der Waals surface area contributed by atoms with Gasteiger partial charge in [0.2, 0.25) is 10.0 Å². The zero-order valence-electron chi connectivity index (χ0n) is 13.6. The highest BCUT2D eigenvalue weighted by Gasteiger charge is 2.16. The number of carbonyl (C=O) groups is 2. The molecule has 26 heavy (non-hydrogen) atoms. The van der Waals surface area contributed by atoms with Crippen LogP contribution in [0.15, 0.2) is 52.0 Å². The summed E-state index contributed by atoms with van der Waals surface area (Å²) in [4.78, 5) is 23.1. The maximum atomic E-state index is 12.2. The van der Waals surface area contributed by atoms with Crippen molar-refractivity contribution >= 4 is 21.9 Å². The van der Waals surface area contributed by atoms with E-state index in [4.69, 9.17) is 15.6 Å². The standard InChI is InChI=1S/C17H16N2O6S/c1-2-9-18-16(20)12-25-17(21)13-5-7-15(8-6-13)26(22,23)19-11-14-4-3-10-24-14/h1,3-8,10,19H,9,11-12H2,(H,18,20). The average Bonchev–Trinajstić information content (AvgIpc) is 3.16. The van der Waals surface area contributed by atoms with Crippen LogP contribution >= 0.6 is 0 Å². The van der Waals surface area contributed by atoms with E-state index in [2.05, 4.69) is 16.0 Å². The average molecular weight is 376 g/mol. The predicted molar refractivity (Wildman–Crippen MR) is 91.3 cm³/mol. The van der Waals surface area contributed by atoms with E-state index in [1.807, 2.05) is 0 Å². The lowest BCUT2D eigenvalue weighted by atomic mass is 10.2. The molecule has 1 aromatic heterocycles. The number of hydrogen-bond acceptors (Lipinski definition) is 6. The molecule has 0 spiro atoms. The Hall–Kier alpha value is -3.09. The van der Waals surface area contributed by atoms with Crippen LogP contribution in [0.1, 0.15) is 16.1 Å². The zero-order valence-corrected chi connectivity index (χ0v) is 14.4. The molecule has 2 N–H and O–H groups in total. The number of terminal acetylenes is 1. The van der Waals surface area contributed by atoms with Crippen LogP contribution in [0.3, 0.4) is 0 Å². The Labute approximate surface area is 150 Å². The Bertz CT molecular complexity index is 896. The van der Waals surface area contributed by atoms with Crippen molar-refractivity contribution < 1.29 is 27.2 Å². The lowest BCUT2D eigenvalue weighted by molar-refractivity contribution is -0.123. The third-order valence-electron chi connectivity index (χ3n) is 3.14. The highest BCUT2D eigenvalue weighted by Crippen LogP contribution is 2.12. The maximum Gasteiger partial charge on any atom is 0.338 e. The zero-order chi connectivity index (χ0) is 19.0. The first-order chi connectivity index (χ1) is 12.4. The van der Waals surface area contributed by atoms with E-state index in [1.54, 1.807) is 12.1 Å². The number of hydrogen-bond donors (Lipinski definition) is 2. The van der Waals surface area contributed by atoms with Gasteiger partial charge in [0, 0.05) is 0 Å². The molecule has 0 atom stereocenters. The van der Waals surface area contributed by atoms with E-state index >= 15 is 0 Å².